The molecule has 1 heterocycles. The van der Waals surface area contributed by atoms with Crippen molar-refractivity contribution in [3.8, 4) is 0 Å². The van der Waals surface area contributed by atoms with Gasteiger partial charge in [0.2, 0.25) is 0 Å². The maximum Gasteiger partial charge on any atom is 0.170 e. The van der Waals surface area contributed by atoms with Gasteiger partial charge in [0.1, 0.15) is 5.82 Å². The zero-order valence-electron chi connectivity index (χ0n) is 9.90. The van der Waals surface area contributed by atoms with Crippen LogP contribution in [0.4, 0.5) is 0 Å². The van der Waals surface area contributed by atoms with Gasteiger partial charge in [-0.05, 0) is 31.4 Å². The summed E-state index contributed by atoms with van der Waals surface area (Å²) in [5.74, 6) is 0.990. The molecule has 1 aliphatic rings. The van der Waals surface area contributed by atoms with E-state index < -0.39 is 0 Å². The molecule has 0 aliphatic heterocycles. The van der Waals surface area contributed by atoms with E-state index in [0.717, 1.165) is 16.6 Å². The van der Waals surface area contributed by atoms with E-state index >= 15 is 0 Å². The Balaban J connectivity index is 1.96. The molecule has 1 N–H and O–H groups in total. The molecule has 90 valence electrons. The lowest BCUT2D eigenvalue weighted by atomic mass is 9.95. The molecule has 1 saturated carbocycles. The molecule has 5 heteroatoms. The van der Waals surface area contributed by atoms with Crippen molar-refractivity contribution in [2.75, 3.05) is 7.05 Å². The number of aromatic nitrogens is 2. The van der Waals surface area contributed by atoms with E-state index in [9.17, 15) is 0 Å². The molecular weight excluding hydrogens is 238 g/mol. The van der Waals surface area contributed by atoms with Crippen LogP contribution in [0.25, 0.3) is 0 Å². The molecule has 1 aliphatic carbocycles. The number of thioether (sulfide) groups is 1. The second-order valence-electron chi connectivity index (χ2n) is 4.17. The summed E-state index contributed by atoms with van der Waals surface area (Å²) in [5.41, 5.74) is 0. The van der Waals surface area contributed by atoms with Crippen LogP contribution in [0, 0.1) is 0 Å². The van der Waals surface area contributed by atoms with Gasteiger partial charge < -0.3 is 5.32 Å². The van der Waals surface area contributed by atoms with Gasteiger partial charge in [-0.25, -0.2) is 4.98 Å². The van der Waals surface area contributed by atoms with Crippen LogP contribution in [0.5, 0.6) is 0 Å². The molecule has 2 rings (SSSR count). The molecule has 0 saturated heterocycles. The summed E-state index contributed by atoms with van der Waals surface area (Å²) < 4.78 is 5.48. The third kappa shape index (κ3) is 2.96. The molecule has 2 unspecified atom stereocenters. The molecule has 0 radical (unpaired) electrons. The highest BCUT2D eigenvalue weighted by Crippen LogP contribution is 2.34. The van der Waals surface area contributed by atoms with E-state index in [0.29, 0.717) is 11.3 Å². The van der Waals surface area contributed by atoms with Gasteiger partial charge in [-0.1, -0.05) is 31.5 Å². The molecule has 3 nitrogen and oxygen atoms in total. The largest absolute Gasteiger partial charge is 0.316 e. The molecule has 16 heavy (non-hydrogen) atoms. The Morgan fingerprint density at radius 3 is 2.94 bits per heavy atom. The van der Waals surface area contributed by atoms with E-state index in [1.807, 2.05) is 11.8 Å². The van der Waals surface area contributed by atoms with Crippen molar-refractivity contribution < 1.29 is 0 Å². The van der Waals surface area contributed by atoms with Gasteiger partial charge in [-0.15, -0.1) is 0 Å². The normalized spacial score (nSPS) is 25.9. The first-order valence-electron chi connectivity index (χ1n) is 6.00. The maximum absolute atomic E-state index is 4.53. The Labute approximate surface area is 106 Å². The summed E-state index contributed by atoms with van der Waals surface area (Å²) in [6.45, 7) is 2.10. The minimum Gasteiger partial charge on any atom is -0.316 e. The van der Waals surface area contributed by atoms with Crippen molar-refractivity contribution >= 4 is 23.3 Å². The highest BCUT2D eigenvalue weighted by atomic mass is 32.2. The molecule has 0 spiro atoms. The lowest BCUT2D eigenvalue weighted by molar-refractivity contribution is 0.405. The molecular formula is C11H19N3S2. The lowest BCUT2D eigenvalue weighted by Crippen LogP contribution is -2.38. The molecule has 2 atom stereocenters. The van der Waals surface area contributed by atoms with Crippen molar-refractivity contribution in [2.45, 2.75) is 54.7 Å². The molecule has 0 amide bonds. The van der Waals surface area contributed by atoms with E-state index in [-0.39, 0.29) is 0 Å². The van der Waals surface area contributed by atoms with Gasteiger partial charge in [0.05, 0.1) is 0 Å². The van der Waals surface area contributed by atoms with Crippen LogP contribution >= 0.6 is 23.3 Å². The Morgan fingerprint density at radius 2 is 2.25 bits per heavy atom. The summed E-state index contributed by atoms with van der Waals surface area (Å²) in [5, 5.41) is 4.11. The Bertz CT molecular complexity index is 327. The number of hydrogen-bond acceptors (Lipinski definition) is 5. The first-order chi connectivity index (χ1) is 7.83. The van der Waals surface area contributed by atoms with Gasteiger partial charge in [0, 0.05) is 17.7 Å². The SMILES string of the molecule is CCc1nsc(SC2CCCCC2NC)n1. The summed E-state index contributed by atoms with van der Waals surface area (Å²) >= 11 is 3.47. The van der Waals surface area contributed by atoms with Gasteiger partial charge in [-0.3, -0.25) is 0 Å². The predicted molar refractivity (Wildman–Crippen MR) is 70.2 cm³/mol. The van der Waals surface area contributed by atoms with E-state index in [4.69, 9.17) is 0 Å². The summed E-state index contributed by atoms with van der Waals surface area (Å²) in [6.07, 6.45) is 6.26. The summed E-state index contributed by atoms with van der Waals surface area (Å²) in [4.78, 5) is 4.53. The van der Waals surface area contributed by atoms with Crippen molar-refractivity contribution in [3.05, 3.63) is 5.82 Å². The van der Waals surface area contributed by atoms with Crippen LogP contribution < -0.4 is 5.32 Å². The van der Waals surface area contributed by atoms with Gasteiger partial charge in [-0.2, -0.15) is 4.37 Å². The van der Waals surface area contributed by atoms with Crippen LogP contribution in [-0.2, 0) is 6.42 Å². The van der Waals surface area contributed by atoms with Gasteiger partial charge in [0.15, 0.2) is 4.34 Å². The quantitative estimate of drug-likeness (QED) is 0.900. The van der Waals surface area contributed by atoms with Crippen molar-refractivity contribution in [1.82, 2.24) is 14.7 Å². The van der Waals surface area contributed by atoms with Gasteiger partial charge in [0.25, 0.3) is 0 Å². The highest BCUT2D eigenvalue weighted by molar-refractivity contribution is 8.01. The minimum atomic E-state index is 0.646. The lowest BCUT2D eigenvalue weighted by Gasteiger charge is -2.29. The first kappa shape index (κ1) is 12.3. The zero-order valence-corrected chi connectivity index (χ0v) is 11.5. The highest BCUT2D eigenvalue weighted by Gasteiger charge is 2.25. The fourth-order valence-corrected chi connectivity index (χ4v) is 4.42. The molecule has 1 aromatic heterocycles. The molecule has 0 aromatic carbocycles. The second kappa shape index (κ2) is 5.98. The molecule has 0 bridgehead atoms. The maximum atomic E-state index is 4.53. The first-order valence-corrected chi connectivity index (χ1v) is 7.65. The Hall–Kier alpha value is -0.130. The monoisotopic (exact) mass is 257 g/mol. The second-order valence-corrected chi connectivity index (χ2v) is 6.40. The Kier molecular flexibility index (Phi) is 4.61. The van der Waals surface area contributed by atoms with Crippen LogP contribution in [-0.4, -0.2) is 27.7 Å². The smallest absolute Gasteiger partial charge is 0.170 e. The average molecular weight is 257 g/mol. The fourth-order valence-electron chi connectivity index (χ4n) is 2.13. The van der Waals surface area contributed by atoms with Crippen LogP contribution in [0.15, 0.2) is 4.34 Å². The number of nitrogens with one attached hydrogen (secondary N) is 1. The van der Waals surface area contributed by atoms with Crippen molar-refractivity contribution in [1.29, 1.82) is 0 Å². The summed E-state index contributed by atoms with van der Waals surface area (Å²) in [6, 6.07) is 0.646. The topological polar surface area (TPSA) is 37.8 Å². The number of rotatable bonds is 4. The predicted octanol–water partition coefficient (Wildman–Crippen LogP) is 2.72. The average Bonchev–Trinajstić information content (AvgIpc) is 2.77. The van der Waals surface area contributed by atoms with Gasteiger partial charge >= 0.3 is 0 Å². The minimum absolute atomic E-state index is 0.646. The van der Waals surface area contributed by atoms with Crippen LogP contribution in [0.3, 0.4) is 0 Å². The van der Waals surface area contributed by atoms with Crippen LogP contribution in [0.1, 0.15) is 38.4 Å². The number of nitrogens with zero attached hydrogens (tertiary/aromatic N) is 2. The van der Waals surface area contributed by atoms with E-state index in [1.54, 1.807) is 11.5 Å². The standard InChI is InChI=1S/C11H19N3S2/c1-3-10-13-11(16-14-10)15-9-7-5-4-6-8(9)12-2/h8-9,12H,3-7H2,1-2H3. The third-order valence-corrected chi connectivity index (χ3v) is 5.31. The number of aryl methyl sites for hydroxylation is 1. The van der Waals surface area contributed by atoms with Crippen molar-refractivity contribution in [2.24, 2.45) is 0 Å². The summed E-state index contributed by atoms with van der Waals surface area (Å²) in [7, 11) is 2.07. The van der Waals surface area contributed by atoms with E-state index in [1.165, 1.54) is 25.7 Å². The molecule has 1 fully saturated rings. The Morgan fingerprint density at radius 1 is 1.44 bits per heavy atom. The number of hydrogen-bond donors (Lipinski definition) is 1. The molecule has 1 aromatic rings. The van der Waals surface area contributed by atoms with Crippen LogP contribution in [0.2, 0.25) is 0 Å². The fraction of sp³-hybridized carbons (Fsp3) is 0.818. The van der Waals surface area contributed by atoms with E-state index in [2.05, 4.69) is 28.6 Å². The zero-order chi connectivity index (χ0) is 11.4. The third-order valence-electron chi connectivity index (χ3n) is 3.09. The van der Waals surface area contributed by atoms with Crippen molar-refractivity contribution in [3.63, 3.8) is 0 Å².